The number of hydrogen-bond acceptors (Lipinski definition) is 1. The van der Waals surface area contributed by atoms with Gasteiger partial charge in [-0.15, -0.1) is 0 Å². The predicted octanol–water partition coefficient (Wildman–Crippen LogP) is 6.57. The molecule has 0 amide bonds. The summed E-state index contributed by atoms with van der Waals surface area (Å²) in [5.41, 5.74) is -0.0820. The Bertz CT molecular complexity index is 474. The summed E-state index contributed by atoms with van der Waals surface area (Å²) in [4.78, 5) is 0. The Morgan fingerprint density at radius 1 is 0.917 bits per heavy atom. The summed E-state index contributed by atoms with van der Waals surface area (Å²) in [6.07, 6.45) is 4.27. The number of fused-ring (bicyclic) bond motifs is 1. The normalized spacial score (nSPS) is 29.7. The zero-order valence-electron chi connectivity index (χ0n) is 15.8. The van der Waals surface area contributed by atoms with E-state index in [-0.39, 0.29) is 22.9 Å². The first kappa shape index (κ1) is 21.3. The fraction of sp³-hybridized carbons (Fsp3) is 1.00. The van der Waals surface area contributed by atoms with Crippen molar-refractivity contribution in [3.63, 3.8) is 0 Å². The third-order valence-corrected chi connectivity index (χ3v) is 10.5. The van der Waals surface area contributed by atoms with Crippen LogP contribution in [0.25, 0.3) is 0 Å². The molecule has 3 nitrogen and oxygen atoms in total. The first-order chi connectivity index (χ1) is 10.7. The standard InChI is InChI=1S/C17H32Br2FN2OP/c1-15(2,3)11-21-13-9-7-8-10-14(13)22(12-16(4,5)6)24(21,23)17(18,19)20/h13-14H,7-12H2,1-6H3/t13-,14-/m1/s1. The van der Waals surface area contributed by atoms with Crippen LogP contribution < -0.4 is 0 Å². The van der Waals surface area contributed by atoms with Crippen LogP contribution in [0.15, 0.2) is 0 Å². The molecule has 2 fully saturated rings. The van der Waals surface area contributed by atoms with Crippen LogP contribution in [-0.4, -0.2) is 37.7 Å². The Balaban J connectivity index is 2.53. The number of rotatable bonds is 3. The van der Waals surface area contributed by atoms with Gasteiger partial charge in [-0.2, -0.15) is 0 Å². The van der Waals surface area contributed by atoms with Crippen LogP contribution in [0.2, 0.25) is 0 Å². The van der Waals surface area contributed by atoms with Gasteiger partial charge in [-0.05, 0) is 55.5 Å². The molecule has 1 saturated heterocycles. The van der Waals surface area contributed by atoms with Crippen molar-refractivity contribution in [3.05, 3.63) is 0 Å². The molecule has 1 heterocycles. The minimum Gasteiger partial charge on any atom is -0.283 e. The van der Waals surface area contributed by atoms with Gasteiger partial charge in [0.05, 0.1) is 0 Å². The molecule has 0 N–H and O–H groups in total. The monoisotopic (exact) mass is 488 g/mol. The highest BCUT2D eigenvalue weighted by Crippen LogP contribution is 2.76. The molecule has 0 unspecified atom stereocenters. The average molecular weight is 490 g/mol. The van der Waals surface area contributed by atoms with Crippen LogP contribution in [0, 0.1) is 10.8 Å². The van der Waals surface area contributed by atoms with Gasteiger partial charge >= 0.3 is 0 Å². The van der Waals surface area contributed by atoms with Crippen LogP contribution >= 0.6 is 39.3 Å². The van der Waals surface area contributed by atoms with E-state index >= 15 is 4.39 Å². The number of hydrogen-bond donors (Lipinski definition) is 0. The second-order valence-corrected chi connectivity index (χ2v) is 17.0. The first-order valence-electron chi connectivity index (χ1n) is 8.88. The molecule has 2 atom stereocenters. The SMILES string of the molecule is CC(C)(C)CN1[C@@H]2CCCC[C@H]2N(CC(C)(C)C)P1(=O)C(F)(Br)Br. The first-order valence-corrected chi connectivity index (χ1v) is 12.1. The van der Waals surface area contributed by atoms with Crippen molar-refractivity contribution < 1.29 is 8.96 Å². The maximum absolute atomic E-state index is 15.3. The largest absolute Gasteiger partial charge is 0.296 e. The van der Waals surface area contributed by atoms with Gasteiger partial charge in [0.25, 0.3) is 10.7 Å². The summed E-state index contributed by atoms with van der Waals surface area (Å²) in [5, 5.41) is 0. The van der Waals surface area contributed by atoms with E-state index in [1.807, 2.05) is 9.34 Å². The van der Waals surface area contributed by atoms with Crippen molar-refractivity contribution in [3.8, 4) is 0 Å². The summed E-state index contributed by atoms with van der Waals surface area (Å²) in [6.45, 7) is 14.0. The maximum atomic E-state index is 15.3. The van der Waals surface area contributed by atoms with E-state index in [4.69, 9.17) is 0 Å². The van der Waals surface area contributed by atoms with Gasteiger partial charge in [0.2, 0.25) is 0 Å². The molecule has 1 aliphatic carbocycles. The Morgan fingerprint density at radius 2 is 1.25 bits per heavy atom. The molecule has 2 rings (SSSR count). The molecule has 0 aromatic heterocycles. The van der Waals surface area contributed by atoms with Crippen molar-refractivity contribution in [2.24, 2.45) is 10.8 Å². The van der Waals surface area contributed by atoms with Gasteiger partial charge in [0.15, 0.2) is 0 Å². The zero-order chi connectivity index (χ0) is 18.6. The Hall–Kier alpha value is 1.04. The molecule has 2 aliphatic rings. The van der Waals surface area contributed by atoms with Crippen molar-refractivity contribution in [2.75, 3.05) is 13.1 Å². The van der Waals surface area contributed by atoms with Crippen LogP contribution in [0.5, 0.6) is 0 Å². The third-order valence-electron chi connectivity index (χ3n) is 4.76. The van der Waals surface area contributed by atoms with E-state index in [1.54, 1.807) is 0 Å². The highest BCUT2D eigenvalue weighted by Gasteiger charge is 2.64. The Morgan fingerprint density at radius 3 is 1.50 bits per heavy atom. The van der Waals surface area contributed by atoms with E-state index < -0.39 is 10.7 Å². The highest BCUT2D eigenvalue weighted by molar-refractivity contribution is 9.27. The molecule has 1 aliphatic heterocycles. The minimum atomic E-state index is -3.44. The van der Waals surface area contributed by atoms with Gasteiger partial charge in [0.1, 0.15) is 0 Å². The lowest BCUT2D eigenvalue weighted by Crippen LogP contribution is -2.43. The molecular weight excluding hydrogens is 458 g/mol. The van der Waals surface area contributed by atoms with Crippen LogP contribution in [0.4, 0.5) is 4.39 Å². The summed E-state index contributed by atoms with van der Waals surface area (Å²) in [5.74, 6) is 0. The molecule has 0 spiro atoms. The smallest absolute Gasteiger partial charge is 0.283 e. The summed E-state index contributed by atoms with van der Waals surface area (Å²) >= 11 is 6.19. The van der Waals surface area contributed by atoms with Crippen molar-refractivity contribution in [2.45, 2.75) is 82.5 Å². The Kier molecular flexibility index (Phi) is 6.13. The Labute approximate surface area is 163 Å². The topological polar surface area (TPSA) is 23.6 Å². The highest BCUT2D eigenvalue weighted by atomic mass is 79.9. The maximum Gasteiger partial charge on any atom is 0.296 e. The van der Waals surface area contributed by atoms with Gasteiger partial charge in [-0.25, -0.2) is 13.7 Å². The van der Waals surface area contributed by atoms with E-state index in [0.717, 1.165) is 25.7 Å². The van der Waals surface area contributed by atoms with Gasteiger partial charge in [0, 0.05) is 25.2 Å². The van der Waals surface area contributed by atoms with Gasteiger partial charge in [-0.1, -0.05) is 54.4 Å². The number of halogens is 3. The van der Waals surface area contributed by atoms with E-state index in [2.05, 4.69) is 73.4 Å². The average Bonchev–Trinajstić information content (AvgIpc) is 2.59. The number of alkyl halides is 3. The minimum absolute atomic E-state index is 0.0410. The van der Waals surface area contributed by atoms with E-state index in [9.17, 15) is 4.57 Å². The molecule has 0 radical (unpaired) electrons. The van der Waals surface area contributed by atoms with Gasteiger partial charge in [-0.3, -0.25) is 4.57 Å². The fourth-order valence-corrected chi connectivity index (χ4v) is 9.92. The third kappa shape index (κ3) is 4.30. The summed E-state index contributed by atoms with van der Waals surface area (Å²) in [7, 11) is -3.44. The second-order valence-electron chi connectivity index (χ2n) is 9.75. The molecule has 24 heavy (non-hydrogen) atoms. The molecule has 0 aromatic carbocycles. The van der Waals surface area contributed by atoms with Crippen molar-refractivity contribution >= 4 is 39.3 Å². The van der Waals surface area contributed by atoms with E-state index in [0.29, 0.717) is 13.1 Å². The summed E-state index contributed by atoms with van der Waals surface area (Å²) in [6, 6.07) is 0.354. The van der Waals surface area contributed by atoms with Crippen LogP contribution in [0.3, 0.4) is 0 Å². The van der Waals surface area contributed by atoms with Crippen LogP contribution in [0.1, 0.15) is 67.2 Å². The molecule has 0 bridgehead atoms. The van der Waals surface area contributed by atoms with E-state index in [1.165, 1.54) is 0 Å². The fourth-order valence-electron chi connectivity index (χ4n) is 4.03. The zero-order valence-corrected chi connectivity index (χ0v) is 19.8. The van der Waals surface area contributed by atoms with Crippen LogP contribution in [-0.2, 0) is 4.57 Å². The number of nitrogens with zero attached hydrogens (tertiary/aromatic N) is 2. The van der Waals surface area contributed by atoms with Gasteiger partial charge < -0.3 is 0 Å². The lowest BCUT2D eigenvalue weighted by Gasteiger charge is -2.40. The quantitative estimate of drug-likeness (QED) is 0.330. The molecule has 142 valence electrons. The summed E-state index contributed by atoms with van der Waals surface area (Å²) < 4.78 is 31.4. The lowest BCUT2D eigenvalue weighted by atomic mass is 9.87. The predicted molar refractivity (Wildman–Crippen MR) is 108 cm³/mol. The van der Waals surface area contributed by atoms with Crippen molar-refractivity contribution in [1.29, 1.82) is 0 Å². The second kappa shape index (κ2) is 6.89. The van der Waals surface area contributed by atoms with Crippen molar-refractivity contribution in [1.82, 2.24) is 9.34 Å². The molecule has 1 saturated carbocycles. The molecule has 7 heteroatoms. The lowest BCUT2D eigenvalue weighted by molar-refractivity contribution is 0.159. The molecular formula is C17H32Br2FN2OP. The molecule has 0 aromatic rings.